The zero-order valence-electron chi connectivity index (χ0n) is 18.6. The Hall–Kier alpha value is -2.92. The minimum absolute atomic E-state index is 0.0485. The van der Waals surface area contributed by atoms with Crippen LogP contribution in [-0.2, 0) is 23.4 Å². The van der Waals surface area contributed by atoms with Crippen molar-refractivity contribution in [1.82, 2.24) is 14.9 Å². The SMILES string of the molecule is O=C(CCSCc1nc2sc3c(c2c(=O)[nH]1)CCC3)N1CCN(c2ccccc2[N+](=O)[O-])CC1. The van der Waals surface area contributed by atoms with Crippen molar-refractivity contribution in [2.75, 3.05) is 36.8 Å². The van der Waals surface area contributed by atoms with Crippen molar-refractivity contribution in [3.05, 3.63) is 61.0 Å². The van der Waals surface area contributed by atoms with Gasteiger partial charge in [-0.25, -0.2) is 4.98 Å². The molecule has 1 aliphatic carbocycles. The summed E-state index contributed by atoms with van der Waals surface area (Å²) in [5.41, 5.74) is 1.83. The molecule has 178 valence electrons. The molecule has 2 aliphatic rings. The van der Waals surface area contributed by atoms with Crippen LogP contribution in [0.25, 0.3) is 10.2 Å². The van der Waals surface area contributed by atoms with E-state index in [2.05, 4.69) is 9.97 Å². The lowest BCUT2D eigenvalue weighted by Gasteiger charge is -2.35. The van der Waals surface area contributed by atoms with Gasteiger partial charge in [0.1, 0.15) is 16.3 Å². The molecular weight excluding hydrogens is 474 g/mol. The van der Waals surface area contributed by atoms with Gasteiger partial charge in [-0.3, -0.25) is 19.7 Å². The van der Waals surface area contributed by atoms with Gasteiger partial charge >= 0.3 is 0 Å². The Kier molecular flexibility index (Phi) is 6.55. The zero-order chi connectivity index (χ0) is 23.7. The third-order valence-electron chi connectivity index (χ3n) is 6.37. The summed E-state index contributed by atoms with van der Waals surface area (Å²) in [5.74, 6) is 1.95. The largest absolute Gasteiger partial charge is 0.362 e. The van der Waals surface area contributed by atoms with E-state index in [0.29, 0.717) is 55.6 Å². The molecule has 9 nitrogen and oxygen atoms in total. The van der Waals surface area contributed by atoms with Crippen molar-refractivity contribution in [2.24, 2.45) is 0 Å². The smallest absolute Gasteiger partial charge is 0.292 e. The van der Waals surface area contributed by atoms with Crippen molar-refractivity contribution in [1.29, 1.82) is 0 Å². The molecule has 34 heavy (non-hydrogen) atoms. The summed E-state index contributed by atoms with van der Waals surface area (Å²) in [5, 5.41) is 12.1. The Morgan fingerprint density at radius 2 is 2.00 bits per heavy atom. The minimum Gasteiger partial charge on any atom is -0.362 e. The molecule has 1 amide bonds. The highest BCUT2D eigenvalue weighted by Crippen LogP contribution is 2.34. The molecule has 2 aromatic heterocycles. The molecule has 11 heteroatoms. The van der Waals surface area contributed by atoms with Crippen LogP contribution in [0, 0.1) is 10.1 Å². The number of carbonyl (C=O) groups is 1. The Balaban J connectivity index is 1.10. The summed E-state index contributed by atoms with van der Waals surface area (Å²) in [6, 6.07) is 6.72. The lowest BCUT2D eigenvalue weighted by atomic mass is 10.2. The summed E-state index contributed by atoms with van der Waals surface area (Å²) >= 11 is 3.22. The Morgan fingerprint density at radius 3 is 2.79 bits per heavy atom. The van der Waals surface area contributed by atoms with E-state index >= 15 is 0 Å². The Labute approximate surface area is 204 Å². The number of amides is 1. The van der Waals surface area contributed by atoms with Gasteiger partial charge in [0.2, 0.25) is 5.91 Å². The predicted molar refractivity (Wildman–Crippen MR) is 135 cm³/mol. The number of anilines is 1. The first kappa shape index (κ1) is 22.9. The van der Waals surface area contributed by atoms with Crippen LogP contribution in [0.5, 0.6) is 0 Å². The van der Waals surface area contributed by atoms with Crippen LogP contribution < -0.4 is 10.5 Å². The van der Waals surface area contributed by atoms with Crippen LogP contribution >= 0.6 is 23.1 Å². The molecule has 0 saturated carbocycles. The number of nitro groups is 1. The number of aromatic amines is 1. The van der Waals surface area contributed by atoms with E-state index in [1.54, 1.807) is 41.3 Å². The molecule has 1 aliphatic heterocycles. The third-order valence-corrected chi connectivity index (χ3v) is 8.53. The van der Waals surface area contributed by atoms with Gasteiger partial charge in [-0.05, 0) is 30.9 Å². The van der Waals surface area contributed by atoms with Crippen LogP contribution in [0.4, 0.5) is 11.4 Å². The highest BCUT2D eigenvalue weighted by molar-refractivity contribution is 7.98. The second-order valence-corrected chi connectivity index (χ2v) is 10.7. The van der Waals surface area contributed by atoms with E-state index in [4.69, 9.17) is 0 Å². The third kappa shape index (κ3) is 4.54. The fourth-order valence-electron chi connectivity index (χ4n) is 4.68. The number of rotatable bonds is 7. The number of thioether (sulfide) groups is 1. The molecule has 1 N–H and O–H groups in total. The summed E-state index contributed by atoms with van der Waals surface area (Å²) in [7, 11) is 0. The van der Waals surface area contributed by atoms with Crippen molar-refractivity contribution in [3.8, 4) is 0 Å². The van der Waals surface area contributed by atoms with Gasteiger partial charge in [-0.2, -0.15) is 11.8 Å². The molecule has 0 unspecified atom stereocenters. The van der Waals surface area contributed by atoms with Crippen molar-refractivity contribution >= 4 is 50.6 Å². The van der Waals surface area contributed by atoms with Gasteiger partial charge in [0.25, 0.3) is 11.2 Å². The monoisotopic (exact) mass is 499 g/mol. The van der Waals surface area contributed by atoms with E-state index < -0.39 is 0 Å². The van der Waals surface area contributed by atoms with Crippen molar-refractivity contribution < 1.29 is 9.72 Å². The average molecular weight is 500 g/mol. The maximum atomic E-state index is 12.7. The second kappa shape index (κ2) is 9.75. The van der Waals surface area contributed by atoms with E-state index in [1.165, 1.54) is 16.5 Å². The van der Waals surface area contributed by atoms with Gasteiger partial charge in [0.15, 0.2) is 0 Å². The fourth-order valence-corrected chi connectivity index (χ4v) is 6.76. The number of hydrogen-bond acceptors (Lipinski definition) is 8. The first-order valence-corrected chi connectivity index (χ1v) is 13.4. The average Bonchev–Trinajstić information content (AvgIpc) is 3.43. The molecule has 0 radical (unpaired) electrons. The molecule has 3 aromatic rings. The minimum atomic E-state index is -0.366. The molecule has 0 spiro atoms. The number of hydrogen-bond donors (Lipinski definition) is 1. The zero-order valence-corrected chi connectivity index (χ0v) is 20.3. The molecule has 1 fully saturated rings. The van der Waals surface area contributed by atoms with Crippen LogP contribution in [0.15, 0.2) is 29.1 Å². The summed E-state index contributed by atoms with van der Waals surface area (Å²) in [6.45, 7) is 2.23. The number of aryl methyl sites for hydroxylation is 2. The van der Waals surface area contributed by atoms with E-state index in [-0.39, 0.29) is 22.1 Å². The van der Waals surface area contributed by atoms with Crippen LogP contribution in [0.3, 0.4) is 0 Å². The molecule has 1 saturated heterocycles. The number of thiophene rings is 1. The van der Waals surface area contributed by atoms with E-state index in [9.17, 15) is 19.7 Å². The number of nitrogens with zero attached hydrogens (tertiary/aromatic N) is 4. The topological polar surface area (TPSA) is 112 Å². The van der Waals surface area contributed by atoms with Crippen molar-refractivity contribution in [3.63, 3.8) is 0 Å². The number of fused-ring (bicyclic) bond motifs is 3. The molecular formula is C23H25N5O4S2. The van der Waals surface area contributed by atoms with Crippen molar-refractivity contribution in [2.45, 2.75) is 31.4 Å². The molecule has 1 aromatic carbocycles. The molecule has 0 bridgehead atoms. The first-order chi connectivity index (χ1) is 16.5. The van der Waals surface area contributed by atoms with Crippen LogP contribution in [-0.4, -0.2) is 57.6 Å². The van der Waals surface area contributed by atoms with Gasteiger partial charge in [0, 0.05) is 49.3 Å². The maximum absolute atomic E-state index is 12.7. The Bertz CT molecular complexity index is 1300. The quantitative estimate of drug-likeness (QED) is 0.301. The first-order valence-electron chi connectivity index (χ1n) is 11.4. The summed E-state index contributed by atoms with van der Waals surface area (Å²) in [6.07, 6.45) is 3.53. The number of benzene rings is 1. The fraction of sp³-hybridized carbons (Fsp3) is 0.435. The van der Waals surface area contributed by atoms with E-state index in [0.717, 1.165) is 29.5 Å². The van der Waals surface area contributed by atoms with E-state index in [1.807, 2.05) is 9.80 Å². The lowest BCUT2D eigenvalue weighted by molar-refractivity contribution is -0.384. The number of nitrogens with one attached hydrogen (secondary N) is 1. The van der Waals surface area contributed by atoms with Gasteiger partial charge in [-0.1, -0.05) is 12.1 Å². The molecule has 3 heterocycles. The summed E-state index contributed by atoms with van der Waals surface area (Å²) in [4.78, 5) is 49.6. The van der Waals surface area contributed by atoms with Crippen LogP contribution in [0.1, 0.15) is 29.1 Å². The number of H-pyrrole nitrogens is 1. The van der Waals surface area contributed by atoms with Gasteiger partial charge in [0.05, 0.1) is 16.1 Å². The normalized spacial score (nSPS) is 15.6. The number of aromatic nitrogens is 2. The predicted octanol–water partition coefficient (Wildman–Crippen LogP) is 3.35. The lowest BCUT2D eigenvalue weighted by Crippen LogP contribution is -2.49. The second-order valence-electron chi connectivity index (χ2n) is 8.47. The molecule has 5 rings (SSSR count). The van der Waals surface area contributed by atoms with Gasteiger partial charge in [-0.15, -0.1) is 11.3 Å². The highest BCUT2D eigenvalue weighted by Gasteiger charge is 2.25. The van der Waals surface area contributed by atoms with Crippen LogP contribution in [0.2, 0.25) is 0 Å². The van der Waals surface area contributed by atoms with Gasteiger partial charge < -0.3 is 14.8 Å². The summed E-state index contributed by atoms with van der Waals surface area (Å²) < 4.78 is 0. The highest BCUT2D eigenvalue weighted by atomic mass is 32.2. The number of piperazine rings is 1. The number of para-hydroxylation sites is 2. The number of nitro benzene ring substituents is 1. The Morgan fingerprint density at radius 1 is 1.21 bits per heavy atom. The number of carbonyl (C=O) groups excluding carboxylic acids is 1. The standard InChI is InChI=1S/C23H25N5O4S2/c29-20(27-11-9-26(10-12-27)16-5-1-2-6-17(16)28(31)32)8-13-33-14-19-24-22(30)21-15-4-3-7-18(15)34-23(21)25-19/h1-2,5-6H,3-4,7-14H2,(H,24,25,30). The maximum Gasteiger partial charge on any atom is 0.292 e. The molecule has 0 atom stereocenters.